The topological polar surface area (TPSA) is 72.2 Å². The van der Waals surface area contributed by atoms with Crippen LogP contribution in [0.2, 0.25) is 0 Å². The summed E-state index contributed by atoms with van der Waals surface area (Å²) in [5.41, 5.74) is 7.06. The van der Waals surface area contributed by atoms with E-state index in [0.29, 0.717) is 12.2 Å². The van der Waals surface area contributed by atoms with Crippen molar-refractivity contribution in [2.24, 2.45) is 5.73 Å². The first-order valence-electron chi connectivity index (χ1n) is 4.87. The van der Waals surface area contributed by atoms with Crippen LogP contribution in [0.25, 0.3) is 0 Å². The lowest BCUT2D eigenvalue weighted by atomic mass is 10.1. The lowest BCUT2D eigenvalue weighted by Crippen LogP contribution is -2.14. The van der Waals surface area contributed by atoms with E-state index in [0.717, 1.165) is 12.0 Å². The van der Waals surface area contributed by atoms with Crippen molar-refractivity contribution in [3.8, 4) is 0 Å². The summed E-state index contributed by atoms with van der Waals surface area (Å²) in [5, 5.41) is 0. The zero-order chi connectivity index (χ0) is 11.3. The maximum Gasteiger partial charge on any atom is 0.232 e. The fraction of sp³-hybridized carbons (Fsp3) is 0.400. The smallest absolute Gasteiger partial charge is 0.232 e. The van der Waals surface area contributed by atoms with Crippen LogP contribution in [0, 0.1) is 0 Å². The van der Waals surface area contributed by atoms with Gasteiger partial charge in [0.2, 0.25) is 10.0 Å². The van der Waals surface area contributed by atoms with Gasteiger partial charge in [-0.2, -0.15) is 0 Å². The maximum atomic E-state index is 11.3. The Labute approximate surface area is 90.5 Å². The van der Waals surface area contributed by atoms with Crippen molar-refractivity contribution in [3.05, 3.63) is 29.8 Å². The Kier molecular flexibility index (Phi) is 4.11. The van der Waals surface area contributed by atoms with Gasteiger partial charge in [0.15, 0.2) is 0 Å². The third-order valence-corrected chi connectivity index (χ3v) is 3.32. The second-order valence-corrected chi connectivity index (χ2v) is 5.26. The number of rotatable bonds is 5. The minimum Gasteiger partial charge on any atom is -0.330 e. The zero-order valence-corrected chi connectivity index (χ0v) is 9.55. The average Bonchev–Trinajstić information content (AvgIpc) is 2.18. The Balaban J connectivity index is 2.82. The monoisotopic (exact) mass is 228 g/mol. The van der Waals surface area contributed by atoms with E-state index in [-0.39, 0.29) is 5.75 Å². The molecular formula is C10H16N2O2S. The van der Waals surface area contributed by atoms with Gasteiger partial charge in [-0.15, -0.1) is 0 Å². The van der Waals surface area contributed by atoms with E-state index in [1.807, 2.05) is 12.1 Å². The van der Waals surface area contributed by atoms with Crippen LogP contribution in [0.15, 0.2) is 24.3 Å². The van der Waals surface area contributed by atoms with Crippen molar-refractivity contribution in [3.63, 3.8) is 0 Å². The number of hydrogen-bond donors (Lipinski definition) is 2. The molecule has 1 rings (SSSR count). The number of nitrogens with one attached hydrogen (secondary N) is 1. The summed E-state index contributed by atoms with van der Waals surface area (Å²) < 4.78 is 25.1. The third kappa shape index (κ3) is 3.89. The molecule has 0 fully saturated rings. The summed E-state index contributed by atoms with van der Waals surface area (Å²) in [7, 11) is -3.19. The van der Waals surface area contributed by atoms with Gasteiger partial charge in [-0.3, -0.25) is 4.72 Å². The molecule has 0 saturated carbocycles. The van der Waals surface area contributed by atoms with Crippen LogP contribution in [0.4, 0.5) is 5.69 Å². The normalized spacial score (nSPS) is 11.3. The molecule has 0 aliphatic carbocycles. The van der Waals surface area contributed by atoms with Crippen LogP contribution >= 0.6 is 0 Å². The van der Waals surface area contributed by atoms with Crippen molar-refractivity contribution in [1.82, 2.24) is 0 Å². The maximum absolute atomic E-state index is 11.3. The molecule has 15 heavy (non-hydrogen) atoms. The molecule has 0 unspecified atom stereocenters. The highest BCUT2D eigenvalue weighted by atomic mass is 32.2. The molecule has 5 heteroatoms. The first kappa shape index (κ1) is 12.0. The first-order valence-corrected chi connectivity index (χ1v) is 6.52. The van der Waals surface area contributed by atoms with E-state index < -0.39 is 10.0 Å². The summed E-state index contributed by atoms with van der Waals surface area (Å²) in [6, 6.07) is 7.28. The number of benzene rings is 1. The highest BCUT2D eigenvalue weighted by Gasteiger charge is 2.06. The fourth-order valence-corrected chi connectivity index (χ4v) is 1.84. The van der Waals surface area contributed by atoms with Crippen molar-refractivity contribution in [1.29, 1.82) is 0 Å². The molecule has 0 atom stereocenters. The Hall–Kier alpha value is -1.07. The molecule has 1 aromatic rings. The van der Waals surface area contributed by atoms with Gasteiger partial charge in [0.1, 0.15) is 0 Å². The van der Waals surface area contributed by atoms with Crippen LogP contribution in [0.1, 0.15) is 12.5 Å². The van der Waals surface area contributed by atoms with Gasteiger partial charge in [0, 0.05) is 5.69 Å². The van der Waals surface area contributed by atoms with Crippen LogP contribution in [-0.2, 0) is 16.4 Å². The molecule has 0 aromatic heterocycles. The van der Waals surface area contributed by atoms with E-state index in [2.05, 4.69) is 4.72 Å². The van der Waals surface area contributed by atoms with E-state index in [1.165, 1.54) is 0 Å². The second kappa shape index (κ2) is 5.14. The molecule has 4 nitrogen and oxygen atoms in total. The minimum absolute atomic E-state index is 0.0775. The molecule has 0 radical (unpaired) electrons. The van der Waals surface area contributed by atoms with Gasteiger partial charge in [-0.1, -0.05) is 12.1 Å². The zero-order valence-electron chi connectivity index (χ0n) is 8.73. The van der Waals surface area contributed by atoms with Crippen molar-refractivity contribution >= 4 is 15.7 Å². The molecular weight excluding hydrogens is 212 g/mol. The average molecular weight is 228 g/mol. The third-order valence-electron chi connectivity index (χ3n) is 2.01. The number of nitrogens with two attached hydrogens (primary N) is 1. The lowest BCUT2D eigenvalue weighted by molar-refractivity contribution is 0.602. The number of anilines is 1. The quantitative estimate of drug-likeness (QED) is 0.788. The minimum atomic E-state index is -3.19. The van der Waals surface area contributed by atoms with Gasteiger partial charge in [-0.25, -0.2) is 8.42 Å². The molecule has 0 saturated heterocycles. The summed E-state index contributed by atoms with van der Waals surface area (Å²) in [5.74, 6) is 0.0775. The highest BCUT2D eigenvalue weighted by molar-refractivity contribution is 7.92. The SMILES string of the molecule is CCS(=O)(=O)Nc1cccc(CCN)c1. The molecule has 0 bridgehead atoms. The fourth-order valence-electron chi connectivity index (χ4n) is 1.21. The van der Waals surface area contributed by atoms with Crippen LogP contribution in [-0.4, -0.2) is 20.7 Å². The second-order valence-electron chi connectivity index (χ2n) is 3.24. The molecule has 3 N–H and O–H groups in total. The Morgan fingerprint density at radius 1 is 1.40 bits per heavy atom. The number of hydrogen-bond acceptors (Lipinski definition) is 3. The molecule has 0 aliphatic heterocycles. The predicted octanol–water partition coefficient (Wildman–Crippen LogP) is 0.949. The molecule has 84 valence electrons. The largest absolute Gasteiger partial charge is 0.330 e. The van der Waals surface area contributed by atoms with E-state index >= 15 is 0 Å². The molecule has 0 spiro atoms. The molecule has 1 aromatic carbocycles. The van der Waals surface area contributed by atoms with E-state index in [9.17, 15) is 8.42 Å². The van der Waals surface area contributed by atoms with Crippen LogP contribution in [0.3, 0.4) is 0 Å². The standard InChI is InChI=1S/C10H16N2O2S/c1-2-15(13,14)12-10-5-3-4-9(8-10)6-7-11/h3-5,8,12H,2,6-7,11H2,1H3. The Bertz CT molecular complexity index is 415. The van der Waals surface area contributed by atoms with Crippen LogP contribution < -0.4 is 10.5 Å². The van der Waals surface area contributed by atoms with Crippen molar-refractivity contribution in [2.45, 2.75) is 13.3 Å². The van der Waals surface area contributed by atoms with Crippen molar-refractivity contribution in [2.75, 3.05) is 17.0 Å². The van der Waals surface area contributed by atoms with Gasteiger partial charge in [-0.05, 0) is 37.6 Å². The van der Waals surface area contributed by atoms with Gasteiger partial charge < -0.3 is 5.73 Å². The van der Waals surface area contributed by atoms with E-state index in [4.69, 9.17) is 5.73 Å². The van der Waals surface area contributed by atoms with Gasteiger partial charge in [0.05, 0.1) is 5.75 Å². The van der Waals surface area contributed by atoms with E-state index in [1.54, 1.807) is 19.1 Å². The summed E-state index contributed by atoms with van der Waals surface area (Å²) in [6.07, 6.45) is 0.752. The molecule has 0 heterocycles. The highest BCUT2D eigenvalue weighted by Crippen LogP contribution is 2.12. The Morgan fingerprint density at radius 3 is 2.73 bits per heavy atom. The lowest BCUT2D eigenvalue weighted by Gasteiger charge is -2.07. The number of sulfonamides is 1. The molecule has 0 amide bonds. The Morgan fingerprint density at radius 2 is 2.13 bits per heavy atom. The summed E-state index contributed by atoms with van der Waals surface area (Å²) in [4.78, 5) is 0. The van der Waals surface area contributed by atoms with Gasteiger partial charge >= 0.3 is 0 Å². The molecule has 0 aliphatic rings. The van der Waals surface area contributed by atoms with Crippen LogP contribution in [0.5, 0.6) is 0 Å². The predicted molar refractivity (Wildman–Crippen MR) is 62.3 cm³/mol. The first-order chi connectivity index (χ1) is 7.07. The van der Waals surface area contributed by atoms with Gasteiger partial charge in [0.25, 0.3) is 0 Å². The summed E-state index contributed by atoms with van der Waals surface area (Å²) >= 11 is 0. The summed E-state index contributed by atoms with van der Waals surface area (Å²) in [6.45, 7) is 2.16. The van der Waals surface area contributed by atoms with Crippen molar-refractivity contribution < 1.29 is 8.42 Å².